The SMILES string of the molecule is CCC(C)CCCCCCCCCCC(=O)OC[C@@H](COC(=O)CCCCCCCCCCCCCCCCC(C)C)OC(=O)CCCCCCCCCCCCCCC(C)C. The van der Waals surface area contributed by atoms with Gasteiger partial charge in [-0.05, 0) is 37.0 Å². The Labute approximate surface area is 387 Å². The second kappa shape index (κ2) is 47.4. The van der Waals surface area contributed by atoms with Crippen molar-refractivity contribution < 1.29 is 28.6 Å². The van der Waals surface area contributed by atoms with E-state index < -0.39 is 6.10 Å². The van der Waals surface area contributed by atoms with Gasteiger partial charge in [-0.1, -0.05) is 266 Å². The summed E-state index contributed by atoms with van der Waals surface area (Å²) in [6.45, 7) is 13.8. The Hall–Kier alpha value is -1.59. The van der Waals surface area contributed by atoms with E-state index in [0.29, 0.717) is 19.3 Å². The van der Waals surface area contributed by atoms with Crippen LogP contribution in [0, 0.1) is 17.8 Å². The van der Waals surface area contributed by atoms with Gasteiger partial charge >= 0.3 is 17.9 Å². The molecule has 0 aliphatic rings. The lowest BCUT2D eigenvalue weighted by Gasteiger charge is -2.18. The van der Waals surface area contributed by atoms with Crippen molar-refractivity contribution in [2.45, 2.75) is 311 Å². The first-order valence-corrected chi connectivity index (χ1v) is 27.6. The molecule has 2 atom stereocenters. The standard InChI is InChI=1S/C56H108O6/c1-7-52(6)44-38-32-26-22-23-28-34-40-46-55(58)61-49-53(62-56(59)47-41-35-29-21-17-13-12-15-19-25-31-37-43-51(4)5)48-60-54(57)45-39-33-27-20-16-11-9-8-10-14-18-24-30-36-42-50(2)3/h50-53H,7-49H2,1-6H3/t52?,53-/m1/s1. The molecule has 0 aromatic rings. The lowest BCUT2D eigenvalue weighted by molar-refractivity contribution is -0.167. The molecule has 0 spiro atoms. The summed E-state index contributed by atoms with van der Waals surface area (Å²) in [7, 11) is 0. The van der Waals surface area contributed by atoms with Crippen molar-refractivity contribution in [2.24, 2.45) is 17.8 Å². The molecule has 0 radical (unpaired) electrons. The number of hydrogen-bond donors (Lipinski definition) is 0. The summed E-state index contributed by atoms with van der Waals surface area (Å²) in [4.78, 5) is 38.1. The molecule has 0 heterocycles. The van der Waals surface area contributed by atoms with Gasteiger partial charge < -0.3 is 14.2 Å². The van der Waals surface area contributed by atoms with Crippen LogP contribution >= 0.6 is 0 Å². The normalized spacial score (nSPS) is 12.6. The first-order chi connectivity index (χ1) is 30.1. The van der Waals surface area contributed by atoms with E-state index in [1.807, 2.05) is 0 Å². The maximum Gasteiger partial charge on any atom is 0.306 e. The van der Waals surface area contributed by atoms with Crippen molar-refractivity contribution in [3.8, 4) is 0 Å². The van der Waals surface area contributed by atoms with Gasteiger partial charge in [-0.15, -0.1) is 0 Å². The zero-order valence-electron chi connectivity index (χ0n) is 42.7. The monoisotopic (exact) mass is 877 g/mol. The van der Waals surface area contributed by atoms with E-state index in [0.717, 1.165) is 75.5 Å². The van der Waals surface area contributed by atoms with Gasteiger partial charge in [-0.25, -0.2) is 0 Å². The number of hydrogen-bond acceptors (Lipinski definition) is 6. The van der Waals surface area contributed by atoms with Crippen molar-refractivity contribution in [1.82, 2.24) is 0 Å². The summed E-state index contributed by atoms with van der Waals surface area (Å²) < 4.78 is 16.9. The average Bonchev–Trinajstić information content (AvgIpc) is 3.24. The van der Waals surface area contributed by atoms with Gasteiger partial charge in [-0.3, -0.25) is 14.4 Å². The molecule has 0 aliphatic carbocycles. The molecule has 1 unspecified atom stereocenters. The number of ether oxygens (including phenoxy) is 3. The van der Waals surface area contributed by atoms with Gasteiger partial charge in [0.1, 0.15) is 13.2 Å². The predicted octanol–water partition coefficient (Wildman–Crippen LogP) is 17.9. The molecule has 0 fully saturated rings. The van der Waals surface area contributed by atoms with E-state index in [-0.39, 0.29) is 31.1 Å². The van der Waals surface area contributed by atoms with Crippen molar-refractivity contribution in [2.75, 3.05) is 13.2 Å². The van der Waals surface area contributed by atoms with Crippen LogP contribution in [0.5, 0.6) is 0 Å². The number of esters is 3. The van der Waals surface area contributed by atoms with E-state index in [9.17, 15) is 14.4 Å². The molecule has 0 N–H and O–H groups in total. The zero-order chi connectivity index (χ0) is 45.6. The third-order valence-corrected chi connectivity index (χ3v) is 13.0. The quantitative estimate of drug-likeness (QED) is 0.0344. The molecule has 368 valence electrons. The van der Waals surface area contributed by atoms with E-state index in [1.165, 1.54) is 186 Å². The Morgan fingerprint density at radius 1 is 0.323 bits per heavy atom. The van der Waals surface area contributed by atoms with E-state index >= 15 is 0 Å². The molecular weight excluding hydrogens is 769 g/mol. The zero-order valence-corrected chi connectivity index (χ0v) is 42.7. The van der Waals surface area contributed by atoms with Crippen molar-refractivity contribution in [3.05, 3.63) is 0 Å². The minimum atomic E-state index is -0.763. The summed E-state index contributed by atoms with van der Waals surface area (Å²) >= 11 is 0. The lowest BCUT2D eigenvalue weighted by atomic mass is 9.99. The first kappa shape index (κ1) is 60.4. The molecule has 0 saturated heterocycles. The molecule has 0 rings (SSSR count). The molecule has 0 bridgehead atoms. The molecule has 0 saturated carbocycles. The van der Waals surface area contributed by atoms with Gasteiger partial charge in [0.15, 0.2) is 6.10 Å². The minimum absolute atomic E-state index is 0.0642. The van der Waals surface area contributed by atoms with Crippen LogP contribution < -0.4 is 0 Å². The Bertz CT molecular complexity index is 962. The fourth-order valence-electron chi connectivity index (χ4n) is 8.44. The van der Waals surface area contributed by atoms with E-state index in [2.05, 4.69) is 41.5 Å². The second-order valence-corrected chi connectivity index (χ2v) is 20.4. The van der Waals surface area contributed by atoms with Crippen molar-refractivity contribution in [1.29, 1.82) is 0 Å². The Morgan fingerprint density at radius 2 is 0.565 bits per heavy atom. The Balaban J connectivity index is 4.30. The molecule has 0 aromatic heterocycles. The predicted molar refractivity (Wildman–Crippen MR) is 266 cm³/mol. The van der Waals surface area contributed by atoms with Gasteiger partial charge in [0, 0.05) is 19.3 Å². The molecular formula is C56H108O6. The fourth-order valence-corrected chi connectivity index (χ4v) is 8.44. The highest BCUT2D eigenvalue weighted by atomic mass is 16.6. The largest absolute Gasteiger partial charge is 0.462 e. The van der Waals surface area contributed by atoms with Gasteiger partial charge in [0.25, 0.3) is 0 Å². The number of carbonyl (C=O) groups is 3. The third kappa shape index (κ3) is 47.9. The topological polar surface area (TPSA) is 78.9 Å². The van der Waals surface area contributed by atoms with E-state index in [1.54, 1.807) is 0 Å². The average molecular weight is 877 g/mol. The minimum Gasteiger partial charge on any atom is -0.462 e. The smallest absolute Gasteiger partial charge is 0.306 e. The highest BCUT2D eigenvalue weighted by molar-refractivity contribution is 5.71. The molecule has 0 aliphatic heterocycles. The first-order valence-electron chi connectivity index (χ1n) is 27.6. The number of rotatable bonds is 49. The summed E-state index contributed by atoms with van der Waals surface area (Å²) in [6, 6.07) is 0. The summed E-state index contributed by atoms with van der Waals surface area (Å²) in [6.07, 6.45) is 48.0. The maximum atomic E-state index is 12.8. The van der Waals surface area contributed by atoms with E-state index in [4.69, 9.17) is 14.2 Å². The molecule has 62 heavy (non-hydrogen) atoms. The van der Waals surface area contributed by atoms with Crippen LogP contribution in [-0.4, -0.2) is 37.2 Å². The summed E-state index contributed by atoms with van der Waals surface area (Å²) in [5.74, 6) is 1.68. The van der Waals surface area contributed by atoms with Gasteiger partial charge in [-0.2, -0.15) is 0 Å². The molecule has 0 aromatic carbocycles. The van der Waals surface area contributed by atoms with Crippen LogP contribution in [-0.2, 0) is 28.6 Å². The van der Waals surface area contributed by atoms with Crippen molar-refractivity contribution in [3.63, 3.8) is 0 Å². The number of unbranched alkanes of at least 4 members (excludes halogenated alkanes) is 31. The number of carbonyl (C=O) groups excluding carboxylic acids is 3. The lowest BCUT2D eigenvalue weighted by Crippen LogP contribution is -2.30. The summed E-state index contributed by atoms with van der Waals surface area (Å²) in [5.41, 5.74) is 0. The van der Waals surface area contributed by atoms with Crippen LogP contribution in [0.2, 0.25) is 0 Å². The highest BCUT2D eigenvalue weighted by Crippen LogP contribution is 2.18. The third-order valence-electron chi connectivity index (χ3n) is 13.0. The van der Waals surface area contributed by atoms with Gasteiger partial charge in [0.05, 0.1) is 0 Å². The van der Waals surface area contributed by atoms with Crippen LogP contribution in [0.4, 0.5) is 0 Å². The van der Waals surface area contributed by atoms with Crippen LogP contribution in [0.25, 0.3) is 0 Å². The van der Waals surface area contributed by atoms with Crippen LogP contribution in [0.1, 0.15) is 305 Å². The highest BCUT2D eigenvalue weighted by Gasteiger charge is 2.19. The Kier molecular flexibility index (Phi) is 46.2. The molecule has 0 amide bonds. The van der Waals surface area contributed by atoms with Crippen LogP contribution in [0.3, 0.4) is 0 Å². The summed E-state index contributed by atoms with van der Waals surface area (Å²) in [5, 5.41) is 0. The van der Waals surface area contributed by atoms with Crippen LogP contribution in [0.15, 0.2) is 0 Å². The second-order valence-electron chi connectivity index (χ2n) is 20.4. The van der Waals surface area contributed by atoms with Gasteiger partial charge in [0.2, 0.25) is 0 Å². The molecule has 6 heteroatoms. The fraction of sp³-hybridized carbons (Fsp3) is 0.946. The molecule has 6 nitrogen and oxygen atoms in total. The van der Waals surface area contributed by atoms with Crippen molar-refractivity contribution >= 4 is 17.9 Å². The Morgan fingerprint density at radius 3 is 0.839 bits per heavy atom. The maximum absolute atomic E-state index is 12.8.